The third kappa shape index (κ3) is 5.02. The number of carbonyl (C=O) groups is 2. The van der Waals surface area contributed by atoms with Gasteiger partial charge in [0, 0.05) is 24.8 Å². The van der Waals surface area contributed by atoms with Crippen LogP contribution in [-0.2, 0) is 14.3 Å². The van der Waals surface area contributed by atoms with E-state index in [-0.39, 0.29) is 24.5 Å². The van der Waals surface area contributed by atoms with E-state index in [9.17, 15) is 14.7 Å². The largest absolute Gasteiger partial charge is 0.507 e. The lowest BCUT2D eigenvalue weighted by Crippen LogP contribution is -2.32. The quantitative estimate of drug-likeness (QED) is 0.321. The van der Waals surface area contributed by atoms with Gasteiger partial charge in [-0.15, -0.1) is 0 Å². The molecule has 34 heavy (non-hydrogen) atoms. The van der Waals surface area contributed by atoms with Crippen LogP contribution in [0.2, 0.25) is 0 Å². The van der Waals surface area contributed by atoms with E-state index in [1.165, 1.54) is 26.2 Å². The number of ketones is 1. The molecule has 1 aliphatic rings. The van der Waals surface area contributed by atoms with E-state index >= 15 is 0 Å². The van der Waals surface area contributed by atoms with Crippen LogP contribution < -0.4 is 14.2 Å². The Hall–Kier alpha value is -3.52. The smallest absolute Gasteiger partial charge is 0.295 e. The van der Waals surface area contributed by atoms with Gasteiger partial charge in [-0.25, -0.2) is 0 Å². The molecule has 2 aromatic carbocycles. The fourth-order valence-corrected chi connectivity index (χ4v) is 3.88. The van der Waals surface area contributed by atoms with Crippen LogP contribution in [0.4, 0.5) is 0 Å². The lowest BCUT2D eigenvalue weighted by Gasteiger charge is -2.27. The molecule has 0 radical (unpaired) electrons. The molecule has 0 saturated carbocycles. The molecule has 0 spiro atoms. The molecular weight excluding hydrogens is 438 g/mol. The standard InChI is InChI=1S/C26H31NO7/c1-16(2)15-34-18-11-9-17(10-12-18)23(28)21-22(27(13-14-31-3)26(30)24(21)29)19-7-6-8-20(32-4)25(19)33-5/h6-12,16,22,28H,13-15H2,1-5H3/t22-/m1/s1. The monoisotopic (exact) mass is 469 g/mol. The van der Waals surface area contributed by atoms with E-state index in [2.05, 4.69) is 13.8 Å². The summed E-state index contributed by atoms with van der Waals surface area (Å²) >= 11 is 0. The minimum Gasteiger partial charge on any atom is -0.507 e. The van der Waals surface area contributed by atoms with Crippen molar-refractivity contribution >= 4 is 17.4 Å². The Bertz CT molecular complexity index is 1060. The van der Waals surface area contributed by atoms with Crippen LogP contribution >= 0.6 is 0 Å². The number of likely N-dealkylation sites (tertiary alicyclic amines) is 1. The number of ether oxygens (including phenoxy) is 4. The van der Waals surface area contributed by atoms with Crippen molar-refractivity contribution in [2.75, 3.05) is 41.1 Å². The average Bonchev–Trinajstić information content (AvgIpc) is 3.10. The summed E-state index contributed by atoms with van der Waals surface area (Å²) in [5.41, 5.74) is 0.896. The van der Waals surface area contributed by atoms with Gasteiger partial charge in [0.2, 0.25) is 0 Å². The van der Waals surface area contributed by atoms with Crippen LogP contribution in [0.15, 0.2) is 48.0 Å². The summed E-state index contributed by atoms with van der Waals surface area (Å²) in [5, 5.41) is 11.2. The van der Waals surface area contributed by atoms with Gasteiger partial charge < -0.3 is 29.0 Å². The van der Waals surface area contributed by atoms with Gasteiger partial charge in [0.25, 0.3) is 11.7 Å². The Balaban J connectivity index is 2.12. The normalized spacial score (nSPS) is 17.4. The topological polar surface area (TPSA) is 94.5 Å². The second-order valence-electron chi connectivity index (χ2n) is 8.30. The number of aliphatic hydroxyl groups excluding tert-OH is 1. The highest BCUT2D eigenvalue weighted by Gasteiger charge is 2.47. The first-order valence-corrected chi connectivity index (χ1v) is 11.1. The summed E-state index contributed by atoms with van der Waals surface area (Å²) < 4.78 is 21.8. The van der Waals surface area contributed by atoms with Crippen molar-refractivity contribution in [1.29, 1.82) is 0 Å². The molecule has 8 nitrogen and oxygen atoms in total. The van der Waals surface area contributed by atoms with E-state index in [4.69, 9.17) is 18.9 Å². The maximum atomic E-state index is 13.1. The summed E-state index contributed by atoms with van der Waals surface area (Å²) in [6.07, 6.45) is 0. The molecular formula is C26H31NO7. The Labute approximate surface area is 199 Å². The number of hydrogen-bond acceptors (Lipinski definition) is 7. The van der Waals surface area contributed by atoms with Crippen molar-refractivity contribution in [1.82, 2.24) is 4.90 Å². The molecule has 3 rings (SSSR count). The zero-order chi connectivity index (χ0) is 24.8. The zero-order valence-electron chi connectivity index (χ0n) is 20.2. The number of carbonyl (C=O) groups excluding carboxylic acids is 2. The molecule has 0 unspecified atom stereocenters. The summed E-state index contributed by atoms with van der Waals surface area (Å²) in [7, 11) is 4.51. The lowest BCUT2D eigenvalue weighted by molar-refractivity contribution is -0.140. The average molecular weight is 470 g/mol. The maximum Gasteiger partial charge on any atom is 0.295 e. The van der Waals surface area contributed by atoms with Crippen LogP contribution in [0.25, 0.3) is 5.76 Å². The van der Waals surface area contributed by atoms with Gasteiger partial charge in [0.15, 0.2) is 11.5 Å². The summed E-state index contributed by atoms with van der Waals surface area (Å²) in [5.74, 6) is 0.0787. The van der Waals surface area contributed by atoms with Crippen molar-refractivity contribution in [2.24, 2.45) is 5.92 Å². The molecule has 1 amide bonds. The van der Waals surface area contributed by atoms with Gasteiger partial charge in [0.05, 0.1) is 39.0 Å². The van der Waals surface area contributed by atoms with Gasteiger partial charge in [-0.2, -0.15) is 0 Å². The predicted octanol–water partition coefficient (Wildman–Crippen LogP) is 3.81. The van der Waals surface area contributed by atoms with Crippen LogP contribution in [0.3, 0.4) is 0 Å². The Morgan fingerprint density at radius 3 is 2.32 bits per heavy atom. The molecule has 0 bridgehead atoms. The Kier molecular flexibility index (Phi) is 8.17. The highest BCUT2D eigenvalue weighted by molar-refractivity contribution is 6.46. The minimum atomic E-state index is -0.878. The number of hydrogen-bond donors (Lipinski definition) is 1. The highest BCUT2D eigenvalue weighted by atomic mass is 16.5. The minimum absolute atomic E-state index is 0.0245. The number of benzene rings is 2. The number of rotatable bonds is 10. The third-order valence-electron chi connectivity index (χ3n) is 5.52. The van der Waals surface area contributed by atoms with E-state index in [0.29, 0.717) is 40.9 Å². The van der Waals surface area contributed by atoms with Crippen molar-refractivity contribution in [3.05, 3.63) is 59.2 Å². The van der Waals surface area contributed by atoms with E-state index in [1.54, 1.807) is 42.5 Å². The Morgan fingerprint density at radius 1 is 1.03 bits per heavy atom. The van der Waals surface area contributed by atoms with Crippen LogP contribution in [0.5, 0.6) is 17.2 Å². The van der Waals surface area contributed by atoms with E-state index in [1.807, 2.05) is 0 Å². The van der Waals surface area contributed by atoms with Gasteiger partial charge >= 0.3 is 0 Å². The summed E-state index contributed by atoms with van der Waals surface area (Å²) in [4.78, 5) is 27.5. The third-order valence-corrected chi connectivity index (χ3v) is 5.52. The number of nitrogens with zero attached hydrogens (tertiary/aromatic N) is 1. The second kappa shape index (κ2) is 11.1. The van der Waals surface area contributed by atoms with Crippen LogP contribution in [0.1, 0.15) is 31.0 Å². The molecule has 8 heteroatoms. The number of Topliss-reactive ketones (excluding diaryl/α,β-unsaturated/α-hetero) is 1. The SMILES string of the molecule is COCCN1C(=O)C(=O)C(=C(O)c2ccc(OCC(C)C)cc2)[C@H]1c1cccc(OC)c1OC. The zero-order valence-corrected chi connectivity index (χ0v) is 20.2. The molecule has 2 aromatic rings. The van der Waals surface area contributed by atoms with Crippen molar-refractivity contribution < 1.29 is 33.6 Å². The molecule has 1 atom stereocenters. The van der Waals surface area contributed by atoms with Crippen molar-refractivity contribution in [3.8, 4) is 17.2 Å². The second-order valence-corrected chi connectivity index (χ2v) is 8.30. The fourth-order valence-electron chi connectivity index (χ4n) is 3.88. The molecule has 1 heterocycles. The van der Waals surface area contributed by atoms with Crippen LogP contribution in [0, 0.1) is 5.92 Å². The lowest BCUT2D eigenvalue weighted by atomic mass is 9.94. The number of aliphatic hydroxyl groups is 1. The number of methoxy groups -OCH3 is 3. The number of para-hydroxylation sites is 1. The van der Waals surface area contributed by atoms with Gasteiger partial charge in [-0.3, -0.25) is 9.59 Å². The first kappa shape index (κ1) is 25.1. The summed E-state index contributed by atoms with van der Waals surface area (Å²) in [6, 6.07) is 11.1. The van der Waals surface area contributed by atoms with E-state index in [0.717, 1.165) is 0 Å². The van der Waals surface area contributed by atoms with Gasteiger partial charge in [-0.05, 0) is 36.2 Å². The molecule has 1 N–H and O–H groups in total. The number of amides is 1. The molecule has 0 aliphatic carbocycles. The molecule has 1 fully saturated rings. The van der Waals surface area contributed by atoms with E-state index < -0.39 is 17.7 Å². The molecule has 182 valence electrons. The maximum absolute atomic E-state index is 13.1. The molecule has 0 aromatic heterocycles. The molecule has 1 aliphatic heterocycles. The fraction of sp³-hybridized carbons (Fsp3) is 0.385. The van der Waals surface area contributed by atoms with Gasteiger partial charge in [-0.1, -0.05) is 26.0 Å². The first-order chi connectivity index (χ1) is 16.3. The van der Waals surface area contributed by atoms with Crippen molar-refractivity contribution in [2.45, 2.75) is 19.9 Å². The predicted molar refractivity (Wildman–Crippen MR) is 127 cm³/mol. The summed E-state index contributed by atoms with van der Waals surface area (Å²) in [6.45, 7) is 5.04. The van der Waals surface area contributed by atoms with Gasteiger partial charge in [0.1, 0.15) is 11.5 Å². The van der Waals surface area contributed by atoms with Crippen molar-refractivity contribution in [3.63, 3.8) is 0 Å². The Morgan fingerprint density at radius 2 is 1.74 bits per heavy atom. The highest BCUT2D eigenvalue weighted by Crippen LogP contribution is 2.45. The van der Waals surface area contributed by atoms with Crippen LogP contribution in [-0.4, -0.2) is 62.8 Å². The molecule has 1 saturated heterocycles. The first-order valence-electron chi connectivity index (χ1n) is 11.1.